The van der Waals surface area contributed by atoms with Crippen molar-refractivity contribution in [2.75, 3.05) is 6.54 Å². The van der Waals surface area contributed by atoms with Gasteiger partial charge in [-0.3, -0.25) is 9.59 Å². The Balaban J connectivity index is 1.60. The van der Waals surface area contributed by atoms with Crippen molar-refractivity contribution >= 4 is 23.9 Å². The van der Waals surface area contributed by atoms with Crippen LogP contribution < -0.4 is 16.0 Å². The van der Waals surface area contributed by atoms with Crippen molar-refractivity contribution in [1.82, 2.24) is 16.0 Å². The number of nitrogens with one attached hydrogen (secondary N) is 3. The van der Waals surface area contributed by atoms with Gasteiger partial charge >= 0.3 is 12.1 Å². The first-order valence-corrected chi connectivity index (χ1v) is 11.0. The molecule has 1 aliphatic heterocycles. The van der Waals surface area contributed by atoms with Crippen LogP contribution >= 0.6 is 0 Å². The van der Waals surface area contributed by atoms with Gasteiger partial charge < -0.3 is 25.8 Å². The molecule has 3 rings (SSSR count). The molecule has 1 aromatic rings. The molecule has 9 nitrogen and oxygen atoms in total. The number of carbonyl (C=O) groups is 4. The first kappa shape index (κ1) is 23.6. The number of rotatable bonds is 10. The molecule has 2 aliphatic rings. The molecule has 1 heterocycles. The second-order valence-electron chi connectivity index (χ2n) is 9.04. The molecule has 1 saturated heterocycles. The molecular formula is C23H31N3O6. The van der Waals surface area contributed by atoms with E-state index in [-0.39, 0.29) is 24.3 Å². The lowest BCUT2D eigenvalue weighted by molar-refractivity contribution is -0.143. The molecule has 32 heavy (non-hydrogen) atoms. The van der Waals surface area contributed by atoms with Gasteiger partial charge in [-0.05, 0) is 49.5 Å². The van der Waals surface area contributed by atoms with Gasteiger partial charge in [0.05, 0.1) is 0 Å². The van der Waals surface area contributed by atoms with E-state index in [4.69, 9.17) is 4.74 Å². The molecule has 9 heteroatoms. The standard InChI is InChI=1S/C23H31N3O6/c1-23(9-10-23)13-18(26-22(31)32-14-15-6-3-2-4-7-15)20(28)25-17(21(29)30)12-16-8-5-11-24-19(16)27/h2-4,6-7,16-18H,5,8-14H2,1H3,(H,24,27)(H,25,28)(H,26,31)(H,29,30)/t16?,17-,18?/m0/s1. The molecule has 0 bridgehead atoms. The number of alkyl carbamates (subject to hydrolysis) is 1. The van der Waals surface area contributed by atoms with Gasteiger partial charge in [-0.2, -0.15) is 0 Å². The minimum atomic E-state index is -1.21. The number of carboxylic acid groups (broad SMARTS) is 1. The second-order valence-corrected chi connectivity index (χ2v) is 9.04. The zero-order chi connectivity index (χ0) is 23.1. The van der Waals surface area contributed by atoms with Crippen LogP contribution in [0.25, 0.3) is 0 Å². The summed E-state index contributed by atoms with van der Waals surface area (Å²) in [5.74, 6) is -2.45. The summed E-state index contributed by atoms with van der Waals surface area (Å²) in [5.41, 5.74) is 0.742. The maximum Gasteiger partial charge on any atom is 0.408 e. The van der Waals surface area contributed by atoms with Gasteiger partial charge in [-0.15, -0.1) is 0 Å². The number of benzene rings is 1. The number of amides is 3. The van der Waals surface area contributed by atoms with E-state index in [1.54, 1.807) is 0 Å². The van der Waals surface area contributed by atoms with E-state index >= 15 is 0 Å². The average Bonchev–Trinajstić information content (AvgIpc) is 3.50. The van der Waals surface area contributed by atoms with Crippen molar-refractivity contribution in [2.24, 2.45) is 11.3 Å². The molecule has 2 fully saturated rings. The van der Waals surface area contributed by atoms with Crippen molar-refractivity contribution in [3.8, 4) is 0 Å². The highest BCUT2D eigenvalue weighted by Gasteiger charge is 2.42. The highest BCUT2D eigenvalue weighted by atomic mass is 16.5. The molecule has 3 atom stereocenters. The van der Waals surface area contributed by atoms with Gasteiger partial charge in [-0.1, -0.05) is 37.3 Å². The highest BCUT2D eigenvalue weighted by molar-refractivity contribution is 5.89. The topological polar surface area (TPSA) is 134 Å². The molecule has 2 unspecified atom stereocenters. The fourth-order valence-electron chi connectivity index (χ4n) is 3.87. The molecule has 1 aliphatic carbocycles. The van der Waals surface area contributed by atoms with Crippen molar-refractivity contribution < 1.29 is 29.0 Å². The molecule has 3 amide bonds. The fourth-order valence-corrected chi connectivity index (χ4v) is 3.87. The maximum atomic E-state index is 13.0. The van der Waals surface area contributed by atoms with Crippen LogP contribution in [0.1, 0.15) is 51.0 Å². The van der Waals surface area contributed by atoms with E-state index in [2.05, 4.69) is 16.0 Å². The quantitative estimate of drug-likeness (QED) is 0.435. The van der Waals surface area contributed by atoms with Crippen LogP contribution in [0.2, 0.25) is 0 Å². The molecule has 1 aromatic carbocycles. The predicted octanol–water partition coefficient (Wildman–Crippen LogP) is 1.96. The monoisotopic (exact) mass is 445 g/mol. The van der Waals surface area contributed by atoms with Crippen molar-refractivity contribution in [2.45, 2.75) is 64.1 Å². The first-order valence-electron chi connectivity index (χ1n) is 11.0. The Kier molecular flexibility index (Phi) is 7.71. The molecule has 0 aromatic heterocycles. The van der Waals surface area contributed by atoms with Crippen molar-refractivity contribution in [3.05, 3.63) is 35.9 Å². The fraction of sp³-hybridized carbons (Fsp3) is 0.565. The number of aliphatic carboxylic acids is 1. The van der Waals surface area contributed by atoms with Crippen LogP contribution in [0.4, 0.5) is 4.79 Å². The normalized spacial score (nSPS) is 20.9. The summed E-state index contributed by atoms with van der Waals surface area (Å²) >= 11 is 0. The van der Waals surface area contributed by atoms with Crippen molar-refractivity contribution in [1.29, 1.82) is 0 Å². The number of carboxylic acids is 1. The summed E-state index contributed by atoms with van der Waals surface area (Å²) in [5, 5.41) is 17.4. The molecular weight excluding hydrogens is 414 g/mol. The summed E-state index contributed by atoms with van der Waals surface area (Å²) in [6, 6.07) is 7.03. The van der Waals surface area contributed by atoms with Gasteiger partial charge in [0.2, 0.25) is 11.8 Å². The zero-order valence-electron chi connectivity index (χ0n) is 18.3. The first-order chi connectivity index (χ1) is 15.3. The van der Waals surface area contributed by atoms with Crippen LogP contribution in [-0.4, -0.2) is 47.6 Å². The lowest BCUT2D eigenvalue weighted by Gasteiger charge is -2.27. The molecule has 1 saturated carbocycles. The van der Waals surface area contributed by atoms with Crippen LogP contribution in [0.5, 0.6) is 0 Å². The Bertz CT molecular complexity index is 839. The van der Waals surface area contributed by atoms with E-state index in [0.29, 0.717) is 19.4 Å². The van der Waals surface area contributed by atoms with E-state index in [9.17, 15) is 24.3 Å². The molecule has 174 valence electrons. The van der Waals surface area contributed by atoms with Gasteiger partial charge in [0, 0.05) is 12.5 Å². The summed E-state index contributed by atoms with van der Waals surface area (Å²) in [4.78, 5) is 49.1. The average molecular weight is 446 g/mol. The van der Waals surface area contributed by atoms with E-state index in [1.165, 1.54) is 0 Å². The number of ether oxygens (including phenoxy) is 1. The van der Waals surface area contributed by atoms with Crippen LogP contribution in [0.3, 0.4) is 0 Å². The number of carbonyl (C=O) groups excluding carboxylic acids is 3. The van der Waals surface area contributed by atoms with Crippen LogP contribution in [-0.2, 0) is 25.7 Å². The predicted molar refractivity (Wildman–Crippen MR) is 115 cm³/mol. The van der Waals surface area contributed by atoms with Crippen LogP contribution in [0, 0.1) is 11.3 Å². The SMILES string of the molecule is CC1(CC(NC(=O)OCc2ccccc2)C(=O)N[C@@H](CC2CCCNC2=O)C(=O)O)CC1. The summed E-state index contributed by atoms with van der Waals surface area (Å²) in [6.45, 7) is 2.66. The number of hydrogen-bond donors (Lipinski definition) is 4. The molecule has 0 radical (unpaired) electrons. The smallest absolute Gasteiger partial charge is 0.408 e. The maximum absolute atomic E-state index is 13.0. The lowest BCUT2D eigenvalue weighted by Crippen LogP contribution is -2.53. The molecule has 4 N–H and O–H groups in total. The Hall–Kier alpha value is -3.10. The third kappa shape index (κ3) is 6.96. The Labute approximate surface area is 187 Å². The third-order valence-electron chi connectivity index (χ3n) is 6.16. The Morgan fingerprint density at radius 1 is 1.19 bits per heavy atom. The zero-order valence-corrected chi connectivity index (χ0v) is 18.3. The Morgan fingerprint density at radius 3 is 2.53 bits per heavy atom. The third-order valence-corrected chi connectivity index (χ3v) is 6.16. The Morgan fingerprint density at radius 2 is 1.91 bits per heavy atom. The van der Waals surface area contributed by atoms with E-state index < -0.39 is 36.0 Å². The van der Waals surface area contributed by atoms with Gasteiger partial charge in [0.15, 0.2) is 0 Å². The minimum Gasteiger partial charge on any atom is -0.480 e. The summed E-state index contributed by atoms with van der Waals surface area (Å²) < 4.78 is 5.23. The molecule has 0 spiro atoms. The second kappa shape index (κ2) is 10.5. The van der Waals surface area contributed by atoms with Gasteiger partial charge in [-0.25, -0.2) is 9.59 Å². The summed E-state index contributed by atoms with van der Waals surface area (Å²) in [6.07, 6.45) is 2.87. The number of hydrogen-bond acceptors (Lipinski definition) is 5. The highest BCUT2D eigenvalue weighted by Crippen LogP contribution is 2.48. The van der Waals surface area contributed by atoms with E-state index in [0.717, 1.165) is 24.8 Å². The lowest BCUT2D eigenvalue weighted by atomic mass is 9.91. The van der Waals surface area contributed by atoms with Gasteiger partial charge in [0.1, 0.15) is 18.7 Å². The van der Waals surface area contributed by atoms with Crippen molar-refractivity contribution in [3.63, 3.8) is 0 Å². The number of piperidine rings is 1. The summed E-state index contributed by atoms with van der Waals surface area (Å²) in [7, 11) is 0. The largest absolute Gasteiger partial charge is 0.480 e. The van der Waals surface area contributed by atoms with Crippen LogP contribution in [0.15, 0.2) is 30.3 Å². The van der Waals surface area contributed by atoms with E-state index in [1.807, 2.05) is 37.3 Å². The minimum absolute atomic E-state index is 0.00927. The van der Waals surface area contributed by atoms with Gasteiger partial charge in [0.25, 0.3) is 0 Å².